The molecule has 0 fully saturated rings. The number of hydrogen-bond donors (Lipinski definition) is 2. The Bertz CT molecular complexity index is 1440. The van der Waals surface area contributed by atoms with Crippen molar-refractivity contribution in [3.8, 4) is 22.3 Å². The van der Waals surface area contributed by atoms with Crippen molar-refractivity contribution >= 4 is 40.4 Å². The maximum atomic E-state index is 9.19. The van der Waals surface area contributed by atoms with Crippen molar-refractivity contribution in [1.82, 2.24) is 0 Å². The second kappa shape index (κ2) is 18.1. The van der Waals surface area contributed by atoms with E-state index in [0.29, 0.717) is 6.26 Å². The zero-order chi connectivity index (χ0) is 30.6. The normalized spacial score (nSPS) is 10.4. The summed E-state index contributed by atoms with van der Waals surface area (Å²) in [6, 6.07) is 34.4. The van der Waals surface area contributed by atoms with Crippen LogP contribution in [0.5, 0.6) is 0 Å². The fourth-order valence-corrected chi connectivity index (χ4v) is 6.33. The van der Waals surface area contributed by atoms with E-state index in [1.807, 2.05) is 48.5 Å². The second-order valence-corrected chi connectivity index (χ2v) is 14.0. The summed E-state index contributed by atoms with van der Waals surface area (Å²) in [6.45, 7) is 4.63. The fourth-order valence-electron chi connectivity index (χ4n) is 4.38. The van der Waals surface area contributed by atoms with Crippen LogP contribution in [0.3, 0.4) is 0 Å². The van der Waals surface area contributed by atoms with Gasteiger partial charge < -0.3 is 15.5 Å². The zero-order valence-corrected chi connectivity index (χ0v) is 28.7. The molecule has 0 aromatic heterocycles. The van der Waals surface area contributed by atoms with Gasteiger partial charge in [0.2, 0.25) is 0 Å². The summed E-state index contributed by atoms with van der Waals surface area (Å²) >= 11 is 0. The number of nitrogen functional groups attached to an aromatic ring is 1. The molecule has 6 nitrogen and oxygen atoms in total. The Morgan fingerprint density at radius 3 is 1.69 bits per heavy atom. The summed E-state index contributed by atoms with van der Waals surface area (Å²) in [5.74, 6) is 0. The Hall–Kier alpha value is -2.72. The third kappa shape index (κ3) is 11.5. The van der Waals surface area contributed by atoms with Crippen LogP contribution in [-0.4, -0.2) is 59.7 Å². The van der Waals surface area contributed by atoms with Gasteiger partial charge >= 0.3 is 0 Å². The van der Waals surface area contributed by atoms with E-state index in [0.717, 1.165) is 16.8 Å². The average Bonchev–Trinajstić information content (AvgIpc) is 2.94. The molecule has 0 saturated carbocycles. The minimum atomic E-state index is -3.67. The minimum Gasteiger partial charge on any atom is -0.406 e. The van der Waals surface area contributed by atoms with Crippen LogP contribution in [0.1, 0.15) is 13.8 Å². The van der Waals surface area contributed by atoms with Crippen molar-refractivity contribution in [2.75, 3.05) is 62.3 Å². The van der Waals surface area contributed by atoms with Crippen molar-refractivity contribution in [2.24, 2.45) is 0 Å². The Kier molecular flexibility index (Phi) is 16.0. The van der Waals surface area contributed by atoms with Gasteiger partial charge in [-0.15, -0.1) is 35.9 Å². The van der Waals surface area contributed by atoms with E-state index < -0.39 is 10.1 Å². The molecule has 0 amide bonds. The number of hydrogen-bond acceptors (Lipinski definition) is 5. The van der Waals surface area contributed by atoms with Gasteiger partial charge in [0.25, 0.3) is 10.1 Å². The molecule has 4 aromatic rings. The van der Waals surface area contributed by atoms with Crippen molar-refractivity contribution in [2.45, 2.75) is 13.8 Å². The van der Waals surface area contributed by atoms with E-state index in [1.165, 1.54) is 40.1 Å². The predicted molar refractivity (Wildman–Crippen MR) is 181 cm³/mol. The van der Waals surface area contributed by atoms with Crippen LogP contribution >= 0.6 is 7.92 Å². The Morgan fingerprint density at radius 1 is 0.762 bits per heavy atom. The van der Waals surface area contributed by atoms with Crippen LogP contribution in [0, 0.1) is 6.07 Å². The van der Waals surface area contributed by atoms with Crippen LogP contribution in [0.2, 0.25) is 0 Å². The number of para-hydroxylation sites is 1. The van der Waals surface area contributed by atoms with E-state index >= 15 is 0 Å². The van der Waals surface area contributed by atoms with Gasteiger partial charge in [0.15, 0.2) is 0 Å². The van der Waals surface area contributed by atoms with Crippen molar-refractivity contribution in [3.63, 3.8) is 0 Å². The summed E-state index contributed by atoms with van der Waals surface area (Å²) in [5.41, 5.74) is 14.0. The van der Waals surface area contributed by atoms with Crippen LogP contribution in [0.25, 0.3) is 22.3 Å². The van der Waals surface area contributed by atoms with Crippen LogP contribution < -0.4 is 20.8 Å². The molecule has 0 aliphatic heterocycles. The smallest absolute Gasteiger partial charge is 0.261 e. The number of nitrogens with zero attached hydrogens (tertiary/aromatic N) is 2. The van der Waals surface area contributed by atoms with Gasteiger partial charge in [-0.05, 0) is 47.1 Å². The van der Waals surface area contributed by atoms with Gasteiger partial charge in [-0.2, -0.15) is 8.42 Å². The molecule has 3 N–H and O–H groups in total. The molecule has 0 saturated heterocycles. The number of anilines is 3. The van der Waals surface area contributed by atoms with Crippen LogP contribution in [-0.2, 0) is 30.5 Å². The van der Waals surface area contributed by atoms with E-state index in [1.54, 1.807) is 0 Å². The first kappa shape index (κ1) is 37.3. The standard InChI is InChI=1S/C20H29N2P.C12H10N.CH4O3S.Pd/c1-7-23(8-2)19-15-10-9-12-16(19)20-17(21(3)4)13-11-14-18(20)22(5)6;13-12-9-5-4-8-11(12)10-6-2-1-3-7-10;1-5(2,3)4;/h9-15H,7-8H2,1-6H3;1-6,8-9H,13H2;1H3,(H,2,3,4);/q;-1;;. The molecule has 0 aliphatic carbocycles. The molecule has 0 bridgehead atoms. The zero-order valence-electron chi connectivity index (χ0n) is 25.5. The van der Waals surface area contributed by atoms with Gasteiger partial charge in [-0.25, -0.2) is 0 Å². The summed E-state index contributed by atoms with van der Waals surface area (Å²) in [7, 11) is 4.75. The number of benzene rings is 4. The van der Waals surface area contributed by atoms with Gasteiger partial charge in [-0.1, -0.05) is 75.9 Å². The third-order valence-electron chi connectivity index (χ3n) is 6.22. The molecule has 4 rings (SSSR count). The summed E-state index contributed by atoms with van der Waals surface area (Å²) in [6.07, 6.45) is 3.20. The fraction of sp³-hybridized carbons (Fsp3) is 0.273. The van der Waals surface area contributed by atoms with Crippen molar-refractivity contribution < 1.29 is 33.4 Å². The van der Waals surface area contributed by atoms with Gasteiger partial charge in [-0.3, -0.25) is 4.55 Å². The average molecular weight is 699 g/mol. The van der Waals surface area contributed by atoms with E-state index in [4.69, 9.17) is 10.3 Å². The molecule has 0 radical (unpaired) electrons. The molecule has 0 unspecified atom stereocenters. The van der Waals surface area contributed by atoms with E-state index in [9.17, 15) is 8.42 Å². The first-order valence-electron chi connectivity index (χ1n) is 13.4. The summed E-state index contributed by atoms with van der Waals surface area (Å²) in [5, 5.41) is 1.53. The molecule has 230 valence electrons. The van der Waals surface area contributed by atoms with Crippen molar-refractivity contribution in [1.29, 1.82) is 0 Å². The Balaban J connectivity index is 0.000000389. The van der Waals surface area contributed by atoms with Crippen LogP contribution in [0.4, 0.5) is 17.1 Å². The third-order valence-corrected chi connectivity index (χ3v) is 8.82. The van der Waals surface area contributed by atoms with Gasteiger partial charge in [0.05, 0.1) is 6.26 Å². The number of rotatable bonds is 7. The second-order valence-electron chi connectivity index (χ2n) is 9.75. The first-order valence-corrected chi connectivity index (χ1v) is 17.0. The molecule has 0 spiro atoms. The molecule has 9 heteroatoms. The maximum Gasteiger partial charge on any atom is 0.261 e. The minimum absolute atomic E-state index is 0. The maximum absolute atomic E-state index is 9.19. The molecule has 42 heavy (non-hydrogen) atoms. The molecule has 0 aliphatic rings. The Morgan fingerprint density at radius 2 is 1.24 bits per heavy atom. The van der Waals surface area contributed by atoms with Crippen LogP contribution in [0.15, 0.2) is 91.0 Å². The quantitative estimate of drug-likeness (QED) is 0.0721. The van der Waals surface area contributed by atoms with Gasteiger partial charge in [0.1, 0.15) is 0 Å². The van der Waals surface area contributed by atoms with E-state index in [2.05, 4.69) is 100 Å². The largest absolute Gasteiger partial charge is 0.406 e. The van der Waals surface area contributed by atoms with Crippen molar-refractivity contribution in [3.05, 3.63) is 97.1 Å². The molecular weight excluding hydrogens is 656 g/mol. The number of nitrogens with two attached hydrogens (primary N) is 1. The molecular formula is C33H43N3O3PPdS-. The topological polar surface area (TPSA) is 86.9 Å². The summed E-state index contributed by atoms with van der Waals surface area (Å²) in [4.78, 5) is 4.44. The summed E-state index contributed by atoms with van der Waals surface area (Å²) < 4.78 is 25.9. The van der Waals surface area contributed by atoms with E-state index in [-0.39, 0.29) is 28.3 Å². The predicted octanol–water partition coefficient (Wildman–Crippen LogP) is 6.87. The first-order chi connectivity index (χ1) is 19.4. The molecule has 4 aromatic carbocycles. The molecule has 0 atom stereocenters. The SMILES string of the molecule is CCP(CC)c1ccccc1-c1c(N(C)C)cccc1N(C)C.CS(=O)(=O)O.Nc1ccccc1-c1[c-]cccc1.[Pd]. The van der Waals surface area contributed by atoms with Gasteiger partial charge in [0, 0.05) is 65.6 Å². The molecule has 0 heterocycles. The monoisotopic (exact) mass is 698 g/mol. The Labute approximate surface area is 268 Å².